The third-order valence-electron chi connectivity index (χ3n) is 2.29. The molecule has 0 aliphatic heterocycles. The van der Waals surface area contributed by atoms with E-state index >= 15 is 0 Å². The number of aliphatic hydroxyl groups is 1. The quantitative estimate of drug-likeness (QED) is 0.834. The van der Waals surface area contributed by atoms with E-state index in [4.69, 9.17) is 10.8 Å². The van der Waals surface area contributed by atoms with Gasteiger partial charge in [-0.1, -0.05) is 19.1 Å². The Morgan fingerprint density at radius 1 is 1.44 bits per heavy atom. The Balaban J connectivity index is 2.85. The van der Waals surface area contributed by atoms with E-state index in [0.717, 1.165) is 5.56 Å². The van der Waals surface area contributed by atoms with Crippen molar-refractivity contribution in [3.63, 3.8) is 0 Å². The molecule has 3 N–H and O–H groups in total. The zero-order chi connectivity index (χ0) is 12.1. The van der Waals surface area contributed by atoms with E-state index in [1.165, 1.54) is 12.1 Å². The van der Waals surface area contributed by atoms with Crippen LogP contribution >= 0.6 is 11.8 Å². The predicted molar refractivity (Wildman–Crippen MR) is 66.9 cm³/mol. The molecule has 4 heteroatoms. The number of rotatable bonds is 5. The molecular weight excluding hydrogens is 225 g/mol. The molecule has 3 unspecified atom stereocenters. The summed E-state index contributed by atoms with van der Waals surface area (Å²) >= 11 is 1.57. The van der Waals surface area contributed by atoms with Crippen molar-refractivity contribution < 1.29 is 9.50 Å². The van der Waals surface area contributed by atoms with Gasteiger partial charge in [-0.05, 0) is 24.6 Å². The van der Waals surface area contributed by atoms with Crippen LogP contribution in [0.4, 0.5) is 4.39 Å². The van der Waals surface area contributed by atoms with Crippen LogP contribution in [0.2, 0.25) is 0 Å². The second-order valence-corrected chi connectivity index (χ2v) is 5.55. The minimum atomic E-state index is -0.250. The van der Waals surface area contributed by atoms with Crippen molar-refractivity contribution in [2.75, 3.05) is 6.61 Å². The molecule has 0 spiro atoms. The molecule has 16 heavy (non-hydrogen) atoms. The topological polar surface area (TPSA) is 46.2 Å². The SMILES string of the molecule is CC(CO)SC(c1cccc(F)c1)C(C)N. The molecule has 1 aromatic rings. The number of nitrogens with two attached hydrogens (primary N) is 1. The van der Waals surface area contributed by atoms with Gasteiger partial charge in [0.25, 0.3) is 0 Å². The van der Waals surface area contributed by atoms with Gasteiger partial charge in [-0.2, -0.15) is 0 Å². The summed E-state index contributed by atoms with van der Waals surface area (Å²) in [6.07, 6.45) is 0. The molecule has 0 aliphatic rings. The fraction of sp³-hybridized carbons (Fsp3) is 0.500. The molecule has 0 amide bonds. The second kappa shape index (κ2) is 6.23. The number of benzene rings is 1. The highest BCUT2D eigenvalue weighted by Crippen LogP contribution is 2.34. The molecular formula is C12H18FNOS. The van der Waals surface area contributed by atoms with Gasteiger partial charge in [-0.3, -0.25) is 0 Å². The van der Waals surface area contributed by atoms with Crippen LogP contribution in [0.1, 0.15) is 24.7 Å². The standard InChI is InChI=1S/C12H18FNOS/c1-8(7-15)16-12(9(2)14)10-4-3-5-11(13)6-10/h3-6,8-9,12,15H,7,14H2,1-2H3. The average molecular weight is 243 g/mol. The van der Waals surface area contributed by atoms with Gasteiger partial charge in [0, 0.05) is 16.5 Å². The first-order valence-corrected chi connectivity index (χ1v) is 6.26. The van der Waals surface area contributed by atoms with Gasteiger partial charge in [0.15, 0.2) is 0 Å². The largest absolute Gasteiger partial charge is 0.395 e. The van der Waals surface area contributed by atoms with Crippen molar-refractivity contribution in [3.05, 3.63) is 35.6 Å². The Morgan fingerprint density at radius 2 is 2.12 bits per heavy atom. The Morgan fingerprint density at radius 3 is 2.62 bits per heavy atom. The maximum absolute atomic E-state index is 13.1. The Hall–Kier alpha value is -0.580. The van der Waals surface area contributed by atoms with Crippen molar-refractivity contribution in [3.8, 4) is 0 Å². The van der Waals surface area contributed by atoms with E-state index in [1.807, 2.05) is 19.9 Å². The number of hydrogen-bond acceptors (Lipinski definition) is 3. The third kappa shape index (κ3) is 3.77. The predicted octanol–water partition coefficient (Wildman–Crippen LogP) is 2.33. The first-order valence-electron chi connectivity index (χ1n) is 5.32. The van der Waals surface area contributed by atoms with Gasteiger partial charge in [0.05, 0.1) is 6.61 Å². The van der Waals surface area contributed by atoms with Crippen LogP contribution in [-0.2, 0) is 0 Å². The zero-order valence-corrected chi connectivity index (χ0v) is 10.4. The summed E-state index contributed by atoms with van der Waals surface area (Å²) in [6.45, 7) is 3.93. The van der Waals surface area contributed by atoms with Crippen LogP contribution < -0.4 is 5.73 Å². The highest BCUT2D eigenvalue weighted by atomic mass is 32.2. The van der Waals surface area contributed by atoms with Crippen LogP contribution in [-0.4, -0.2) is 23.0 Å². The van der Waals surface area contributed by atoms with Gasteiger partial charge in [-0.15, -0.1) is 11.8 Å². The molecule has 90 valence electrons. The molecule has 1 rings (SSSR count). The zero-order valence-electron chi connectivity index (χ0n) is 9.56. The smallest absolute Gasteiger partial charge is 0.123 e. The van der Waals surface area contributed by atoms with E-state index in [0.29, 0.717) is 0 Å². The highest BCUT2D eigenvalue weighted by molar-refractivity contribution is 8.00. The minimum Gasteiger partial charge on any atom is -0.395 e. The fourth-order valence-electron chi connectivity index (χ4n) is 1.48. The summed E-state index contributed by atoms with van der Waals surface area (Å²) in [7, 11) is 0. The van der Waals surface area contributed by atoms with Gasteiger partial charge in [-0.25, -0.2) is 4.39 Å². The lowest BCUT2D eigenvalue weighted by Gasteiger charge is -2.23. The molecule has 0 saturated carbocycles. The Bertz CT molecular complexity index is 333. The Labute approximate surface area is 100 Å². The molecule has 0 fully saturated rings. The highest BCUT2D eigenvalue weighted by Gasteiger charge is 2.19. The summed E-state index contributed by atoms with van der Waals surface area (Å²) in [5, 5.41) is 9.14. The lowest BCUT2D eigenvalue weighted by Crippen LogP contribution is -2.24. The number of hydrogen-bond donors (Lipinski definition) is 2. The lowest BCUT2D eigenvalue weighted by atomic mass is 10.1. The molecule has 3 atom stereocenters. The van der Waals surface area contributed by atoms with E-state index < -0.39 is 0 Å². The molecule has 0 saturated heterocycles. The van der Waals surface area contributed by atoms with Crippen molar-refractivity contribution in [2.45, 2.75) is 30.4 Å². The molecule has 0 aromatic heterocycles. The molecule has 1 aromatic carbocycles. The number of halogens is 1. The van der Waals surface area contributed by atoms with E-state index in [2.05, 4.69) is 0 Å². The van der Waals surface area contributed by atoms with E-state index in [-0.39, 0.29) is 29.0 Å². The summed E-state index contributed by atoms with van der Waals surface area (Å²) in [5.41, 5.74) is 6.77. The van der Waals surface area contributed by atoms with Gasteiger partial charge in [0.1, 0.15) is 5.82 Å². The van der Waals surface area contributed by atoms with Crippen LogP contribution in [0.3, 0.4) is 0 Å². The number of thioether (sulfide) groups is 1. The van der Waals surface area contributed by atoms with Crippen molar-refractivity contribution in [1.29, 1.82) is 0 Å². The maximum Gasteiger partial charge on any atom is 0.123 e. The second-order valence-electron chi connectivity index (χ2n) is 3.96. The van der Waals surface area contributed by atoms with E-state index in [1.54, 1.807) is 17.8 Å². The fourth-order valence-corrected chi connectivity index (χ4v) is 2.62. The summed E-state index contributed by atoms with van der Waals surface area (Å²) in [5.74, 6) is -0.250. The average Bonchev–Trinajstić information content (AvgIpc) is 2.25. The monoisotopic (exact) mass is 243 g/mol. The van der Waals surface area contributed by atoms with Crippen molar-refractivity contribution in [2.24, 2.45) is 5.73 Å². The molecule has 0 radical (unpaired) electrons. The first kappa shape index (κ1) is 13.5. The number of aliphatic hydroxyl groups excluding tert-OH is 1. The van der Waals surface area contributed by atoms with Crippen molar-refractivity contribution in [1.82, 2.24) is 0 Å². The molecule has 0 bridgehead atoms. The van der Waals surface area contributed by atoms with Crippen LogP contribution in [0.15, 0.2) is 24.3 Å². The third-order valence-corrected chi connectivity index (χ3v) is 3.90. The first-order chi connectivity index (χ1) is 7.54. The van der Waals surface area contributed by atoms with Gasteiger partial charge < -0.3 is 10.8 Å². The normalized spacial score (nSPS) is 16.8. The lowest BCUT2D eigenvalue weighted by molar-refractivity contribution is 0.299. The van der Waals surface area contributed by atoms with Crippen LogP contribution in [0.25, 0.3) is 0 Å². The molecule has 0 aliphatic carbocycles. The molecule has 0 heterocycles. The van der Waals surface area contributed by atoms with Gasteiger partial charge >= 0.3 is 0 Å². The molecule has 2 nitrogen and oxygen atoms in total. The minimum absolute atomic E-state index is 0.0119. The van der Waals surface area contributed by atoms with Crippen molar-refractivity contribution >= 4 is 11.8 Å². The van der Waals surface area contributed by atoms with Gasteiger partial charge in [0.2, 0.25) is 0 Å². The van der Waals surface area contributed by atoms with Crippen LogP contribution in [0.5, 0.6) is 0 Å². The summed E-state index contributed by atoms with van der Waals surface area (Å²) < 4.78 is 13.1. The Kier molecular flexibility index (Phi) is 5.25. The summed E-state index contributed by atoms with van der Waals surface area (Å²) in [4.78, 5) is 0. The van der Waals surface area contributed by atoms with E-state index in [9.17, 15) is 4.39 Å². The van der Waals surface area contributed by atoms with Crippen LogP contribution in [0, 0.1) is 5.82 Å². The maximum atomic E-state index is 13.1. The summed E-state index contributed by atoms with van der Waals surface area (Å²) in [6, 6.07) is 6.40.